The second-order valence-electron chi connectivity index (χ2n) is 7.81. The summed E-state index contributed by atoms with van der Waals surface area (Å²) in [7, 11) is -1.90. The fraction of sp³-hybridized carbons (Fsp3) is 0.684. The van der Waals surface area contributed by atoms with Crippen LogP contribution in [0.1, 0.15) is 40.0 Å². The van der Waals surface area contributed by atoms with E-state index in [1.165, 1.54) is 4.31 Å². The van der Waals surface area contributed by atoms with E-state index in [0.717, 1.165) is 38.0 Å². The molecule has 146 valence electrons. The summed E-state index contributed by atoms with van der Waals surface area (Å²) < 4.78 is 33.2. The number of rotatable bonds is 6. The van der Waals surface area contributed by atoms with Gasteiger partial charge in [-0.1, -0.05) is 25.4 Å². The van der Waals surface area contributed by atoms with Crippen LogP contribution in [0, 0.1) is 5.41 Å². The van der Waals surface area contributed by atoms with E-state index in [2.05, 4.69) is 18.7 Å². The minimum Gasteiger partial charge on any atom is -0.375 e. The molecule has 2 unspecified atom stereocenters. The zero-order valence-corrected chi connectivity index (χ0v) is 17.6. The lowest BCUT2D eigenvalue weighted by Gasteiger charge is -2.35. The number of sulfonamides is 1. The van der Waals surface area contributed by atoms with Crippen molar-refractivity contribution < 1.29 is 13.2 Å². The predicted octanol–water partition coefficient (Wildman–Crippen LogP) is 3.76. The Morgan fingerprint density at radius 1 is 1.42 bits per heavy atom. The summed E-state index contributed by atoms with van der Waals surface area (Å²) in [5, 5.41) is 0.474. The number of hydrogen-bond donors (Lipinski definition) is 0. The van der Waals surface area contributed by atoms with Gasteiger partial charge in [-0.15, -0.1) is 0 Å². The van der Waals surface area contributed by atoms with Gasteiger partial charge in [-0.2, -0.15) is 4.31 Å². The first-order valence-corrected chi connectivity index (χ1v) is 11.1. The van der Waals surface area contributed by atoms with Crippen molar-refractivity contribution in [3.63, 3.8) is 0 Å². The lowest BCUT2D eigenvalue weighted by molar-refractivity contribution is 0.0384. The number of anilines is 1. The van der Waals surface area contributed by atoms with Crippen LogP contribution >= 0.6 is 11.6 Å². The Morgan fingerprint density at radius 3 is 2.69 bits per heavy atom. The van der Waals surface area contributed by atoms with Gasteiger partial charge >= 0.3 is 0 Å². The Balaban J connectivity index is 1.82. The molecule has 1 saturated heterocycles. The van der Waals surface area contributed by atoms with Gasteiger partial charge in [0.05, 0.1) is 28.3 Å². The molecular weight excluding hydrogens is 372 g/mol. The third kappa shape index (κ3) is 3.75. The van der Waals surface area contributed by atoms with E-state index in [1.807, 2.05) is 13.0 Å². The molecule has 2 fully saturated rings. The fourth-order valence-electron chi connectivity index (χ4n) is 3.52. The van der Waals surface area contributed by atoms with Crippen LogP contribution in [-0.4, -0.2) is 51.6 Å². The van der Waals surface area contributed by atoms with Gasteiger partial charge in [-0.25, -0.2) is 8.42 Å². The molecule has 26 heavy (non-hydrogen) atoms. The average molecular weight is 401 g/mol. The van der Waals surface area contributed by atoms with Crippen LogP contribution < -0.4 is 4.90 Å². The molecule has 3 rings (SSSR count). The quantitative estimate of drug-likeness (QED) is 0.729. The molecule has 1 aliphatic heterocycles. The molecule has 7 heteroatoms. The van der Waals surface area contributed by atoms with E-state index in [1.54, 1.807) is 19.2 Å². The highest BCUT2D eigenvalue weighted by atomic mass is 35.5. The number of ether oxygens (including phenoxy) is 1. The van der Waals surface area contributed by atoms with Gasteiger partial charge in [0.25, 0.3) is 0 Å². The Labute approximate surface area is 162 Å². The second-order valence-corrected chi connectivity index (χ2v) is 10.2. The summed E-state index contributed by atoms with van der Waals surface area (Å²) in [6.07, 6.45) is 3.28. The summed E-state index contributed by atoms with van der Waals surface area (Å²) in [5.74, 6) is 0. The largest absolute Gasteiger partial charge is 0.375 e. The van der Waals surface area contributed by atoms with Gasteiger partial charge in [0, 0.05) is 26.2 Å². The molecular formula is C19H29ClN2O3S. The van der Waals surface area contributed by atoms with Crippen LogP contribution in [-0.2, 0) is 14.8 Å². The van der Waals surface area contributed by atoms with Crippen molar-refractivity contribution in [3.8, 4) is 0 Å². The highest BCUT2D eigenvalue weighted by Gasteiger charge is 2.46. The molecule has 0 N–H and O–H groups in total. The number of hydrogen-bond acceptors (Lipinski definition) is 4. The van der Waals surface area contributed by atoms with Crippen molar-refractivity contribution in [1.29, 1.82) is 0 Å². The molecule has 0 spiro atoms. The topological polar surface area (TPSA) is 49.9 Å². The lowest BCUT2D eigenvalue weighted by Crippen LogP contribution is -2.42. The molecule has 1 saturated carbocycles. The molecule has 1 aliphatic carbocycles. The van der Waals surface area contributed by atoms with Crippen molar-refractivity contribution in [2.45, 2.75) is 57.1 Å². The predicted molar refractivity (Wildman–Crippen MR) is 105 cm³/mol. The number of benzene rings is 1. The van der Waals surface area contributed by atoms with Gasteiger partial charge in [0.2, 0.25) is 10.0 Å². The van der Waals surface area contributed by atoms with Gasteiger partial charge in [0.1, 0.15) is 0 Å². The molecule has 0 amide bonds. The first-order chi connectivity index (χ1) is 12.2. The number of halogens is 1. The minimum absolute atomic E-state index is 0.0319. The van der Waals surface area contributed by atoms with E-state index in [0.29, 0.717) is 11.6 Å². The highest BCUT2D eigenvalue weighted by molar-refractivity contribution is 7.89. The fourth-order valence-corrected chi connectivity index (χ4v) is 5.39. The van der Waals surface area contributed by atoms with Crippen LogP contribution in [0.25, 0.3) is 0 Å². The van der Waals surface area contributed by atoms with E-state index < -0.39 is 10.0 Å². The monoisotopic (exact) mass is 400 g/mol. The summed E-state index contributed by atoms with van der Waals surface area (Å²) in [6, 6.07) is 5.05. The SMILES string of the molecule is CCC1CN(c2ccc(S(=O)(=O)N(C)C(C)C3(C)CC3)cc2Cl)CCO1. The zero-order valence-electron chi connectivity index (χ0n) is 16.0. The average Bonchev–Trinajstić information content (AvgIpc) is 3.39. The third-order valence-electron chi connectivity index (χ3n) is 6.12. The van der Waals surface area contributed by atoms with Gasteiger partial charge in [0.15, 0.2) is 0 Å². The number of nitrogens with zero attached hydrogens (tertiary/aromatic N) is 2. The molecule has 1 aromatic carbocycles. The Kier molecular flexibility index (Phi) is 5.60. The second kappa shape index (κ2) is 7.30. The van der Waals surface area contributed by atoms with Crippen LogP contribution in [0.5, 0.6) is 0 Å². The third-order valence-corrected chi connectivity index (χ3v) is 8.35. The summed E-state index contributed by atoms with van der Waals surface area (Å²) in [4.78, 5) is 2.43. The summed E-state index contributed by atoms with van der Waals surface area (Å²) in [5.41, 5.74) is 0.964. The summed E-state index contributed by atoms with van der Waals surface area (Å²) >= 11 is 6.48. The van der Waals surface area contributed by atoms with Crippen LogP contribution in [0.4, 0.5) is 5.69 Å². The molecule has 2 aliphatic rings. The standard InChI is InChI=1S/C19H29ClN2O3S/c1-5-15-13-22(10-11-25-15)18-7-6-16(12-17(18)20)26(23,24)21(4)14(2)19(3)8-9-19/h6-7,12,14-15H,5,8-11,13H2,1-4H3. The normalized spacial score (nSPS) is 23.9. The lowest BCUT2D eigenvalue weighted by atomic mass is 10.0. The maximum absolute atomic E-state index is 13.0. The molecule has 0 aromatic heterocycles. The maximum atomic E-state index is 13.0. The maximum Gasteiger partial charge on any atom is 0.243 e. The molecule has 2 atom stereocenters. The molecule has 1 heterocycles. The van der Waals surface area contributed by atoms with Crippen LogP contribution in [0.3, 0.4) is 0 Å². The highest BCUT2D eigenvalue weighted by Crippen LogP contribution is 2.50. The van der Waals surface area contributed by atoms with Crippen molar-refractivity contribution in [3.05, 3.63) is 23.2 Å². The van der Waals surface area contributed by atoms with Gasteiger partial charge in [-0.05, 0) is 49.8 Å². The first-order valence-electron chi connectivity index (χ1n) is 9.33. The Morgan fingerprint density at radius 2 is 2.12 bits per heavy atom. The molecule has 1 aromatic rings. The number of morpholine rings is 1. The van der Waals surface area contributed by atoms with Crippen LogP contribution in [0.2, 0.25) is 5.02 Å². The van der Waals surface area contributed by atoms with E-state index in [9.17, 15) is 8.42 Å². The van der Waals surface area contributed by atoms with Crippen LogP contribution in [0.15, 0.2) is 23.1 Å². The molecule has 0 radical (unpaired) electrons. The smallest absolute Gasteiger partial charge is 0.243 e. The molecule has 0 bridgehead atoms. The van der Waals surface area contributed by atoms with E-state index in [-0.39, 0.29) is 22.5 Å². The van der Waals surface area contributed by atoms with Gasteiger partial charge < -0.3 is 9.64 Å². The van der Waals surface area contributed by atoms with Gasteiger partial charge in [-0.3, -0.25) is 0 Å². The van der Waals surface area contributed by atoms with Crippen molar-refractivity contribution in [2.24, 2.45) is 5.41 Å². The first kappa shape index (κ1) is 19.9. The molecule has 5 nitrogen and oxygen atoms in total. The minimum atomic E-state index is -3.56. The Hall–Kier alpha value is -0.820. The Bertz CT molecular complexity index is 764. The van der Waals surface area contributed by atoms with Crippen molar-refractivity contribution >= 4 is 27.3 Å². The van der Waals surface area contributed by atoms with E-state index >= 15 is 0 Å². The summed E-state index contributed by atoms with van der Waals surface area (Å²) in [6.45, 7) is 8.42. The zero-order chi connectivity index (χ0) is 19.1. The van der Waals surface area contributed by atoms with Crippen molar-refractivity contribution in [1.82, 2.24) is 4.31 Å². The van der Waals surface area contributed by atoms with E-state index in [4.69, 9.17) is 16.3 Å². The van der Waals surface area contributed by atoms with Crippen molar-refractivity contribution in [2.75, 3.05) is 31.6 Å².